The Labute approximate surface area is 112 Å². The Morgan fingerprint density at radius 2 is 1.94 bits per heavy atom. The lowest BCUT2D eigenvalue weighted by atomic mass is 9.97. The maximum absolute atomic E-state index is 11.8. The summed E-state index contributed by atoms with van der Waals surface area (Å²) in [7, 11) is 0. The fourth-order valence-electron chi connectivity index (χ4n) is 1.87. The minimum absolute atomic E-state index is 0.118. The van der Waals surface area contributed by atoms with Crippen LogP contribution in [-0.4, -0.2) is 5.91 Å². The molecule has 0 aliphatic heterocycles. The molecule has 2 nitrogen and oxygen atoms in total. The molecule has 0 bridgehead atoms. The molecule has 1 aromatic rings. The Balaban J connectivity index is 2.46. The van der Waals surface area contributed by atoms with Crippen LogP contribution in [0.15, 0.2) is 28.7 Å². The predicted molar refractivity (Wildman–Crippen MR) is 76.1 cm³/mol. The lowest BCUT2D eigenvalue weighted by Gasteiger charge is -2.13. The van der Waals surface area contributed by atoms with Gasteiger partial charge in [-0.25, -0.2) is 0 Å². The highest BCUT2D eigenvalue weighted by Crippen LogP contribution is 2.18. The normalized spacial score (nSPS) is 12.2. The van der Waals surface area contributed by atoms with Crippen molar-refractivity contribution in [3.63, 3.8) is 0 Å². The van der Waals surface area contributed by atoms with Gasteiger partial charge < -0.3 is 5.32 Å². The number of anilines is 1. The van der Waals surface area contributed by atoms with Crippen molar-refractivity contribution in [1.29, 1.82) is 0 Å². The van der Waals surface area contributed by atoms with Crippen LogP contribution in [0, 0.1) is 5.92 Å². The van der Waals surface area contributed by atoms with E-state index in [0.717, 1.165) is 29.4 Å². The molecule has 0 saturated heterocycles. The molecule has 1 atom stereocenters. The van der Waals surface area contributed by atoms with Crippen molar-refractivity contribution in [1.82, 2.24) is 0 Å². The van der Waals surface area contributed by atoms with Crippen LogP contribution in [-0.2, 0) is 4.79 Å². The van der Waals surface area contributed by atoms with E-state index in [1.54, 1.807) is 0 Å². The summed E-state index contributed by atoms with van der Waals surface area (Å²) in [4.78, 5) is 11.8. The molecule has 3 heteroatoms. The van der Waals surface area contributed by atoms with Gasteiger partial charge in [-0.3, -0.25) is 4.79 Å². The second-order valence-electron chi connectivity index (χ2n) is 4.32. The van der Waals surface area contributed by atoms with Crippen molar-refractivity contribution in [2.24, 2.45) is 5.92 Å². The van der Waals surface area contributed by atoms with Gasteiger partial charge in [0.25, 0.3) is 0 Å². The number of hydrogen-bond acceptors (Lipinski definition) is 1. The van der Waals surface area contributed by atoms with Gasteiger partial charge >= 0.3 is 0 Å². The Morgan fingerprint density at radius 3 is 2.47 bits per heavy atom. The monoisotopic (exact) mass is 297 g/mol. The zero-order chi connectivity index (χ0) is 12.7. The fourth-order valence-corrected chi connectivity index (χ4v) is 2.13. The Kier molecular flexibility index (Phi) is 6.27. The van der Waals surface area contributed by atoms with E-state index in [1.165, 1.54) is 0 Å². The zero-order valence-corrected chi connectivity index (χ0v) is 12.1. The van der Waals surface area contributed by atoms with Gasteiger partial charge in [0, 0.05) is 16.6 Å². The van der Waals surface area contributed by atoms with Gasteiger partial charge in [0.1, 0.15) is 0 Å². The van der Waals surface area contributed by atoms with Gasteiger partial charge in [0.05, 0.1) is 0 Å². The molecule has 0 aliphatic carbocycles. The third kappa shape index (κ3) is 5.35. The van der Waals surface area contributed by atoms with E-state index in [0.29, 0.717) is 12.3 Å². The number of halogens is 1. The van der Waals surface area contributed by atoms with Crippen LogP contribution >= 0.6 is 15.9 Å². The number of nitrogens with one attached hydrogen (secondary N) is 1. The quantitative estimate of drug-likeness (QED) is 0.816. The highest BCUT2D eigenvalue weighted by molar-refractivity contribution is 9.10. The van der Waals surface area contributed by atoms with E-state index in [4.69, 9.17) is 0 Å². The molecule has 0 fully saturated rings. The second-order valence-corrected chi connectivity index (χ2v) is 5.24. The summed E-state index contributed by atoms with van der Waals surface area (Å²) in [6.07, 6.45) is 3.97. The Morgan fingerprint density at radius 1 is 1.29 bits per heavy atom. The van der Waals surface area contributed by atoms with Crippen LogP contribution in [0.1, 0.15) is 39.5 Å². The highest BCUT2D eigenvalue weighted by atomic mass is 79.9. The molecule has 0 unspecified atom stereocenters. The second kappa shape index (κ2) is 7.49. The smallest absolute Gasteiger partial charge is 0.224 e. The first kappa shape index (κ1) is 14.2. The molecule has 94 valence electrons. The number of rotatable bonds is 6. The van der Waals surface area contributed by atoms with Crippen molar-refractivity contribution >= 4 is 27.5 Å². The van der Waals surface area contributed by atoms with Gasteiger partial charge in [-0.2, -0.15) is 0 Å². The molecule has 0 saturated carbocycles. The van der Waals surface area contributed by atoms with Crippen LogP contribution in [0.5, 0.6) is 0 Å². The average Bonchev–Trinajstić information content (AvgIpc) is 2.31. The molecule has 0 aliphatic rings. The lowest BCUT2D eigenvalue weighted by Crippen LogP contribution is -2.16. The molecule has 1 amide bonds. The van der Waals surface area contributed by atoms with Gasteiger partial charge in [-0.1, -0.05) is 49.0 Å². The van der Waals surface area contributed by atoms with Crippen molar-refractivity contribution in [2.75, 3.05) is 5.32 Å². The van der Waals surface area contributed by atoms with E-state index in [-0.39, 0.29) is 5.91 Å². The largest absolute Gasteiger partial charge is 0.326 e. The SMILES string of the molecule is CCC[C@@H](CC)CC(=O)Nc1ccc(Br)cc1. The van der Waals surface area contributed by atoms with Crippen molar-refractivity contribution in [3.8, 4) is 0 Å². The van der Waals surface area contributed by atoms with Crippen molar-refractivity contribution in [3.05, 3.63) is 28.7 Å². The zero-order valence-electron chi connectivity index (χ0n) is 10.5. The summed E-state index contributed by atoms with van der Waals surface area (Å²) in [6.45, 7) is 4.31. The van der Waals surface area contributed by atoms with Crippen LogP contribution in [0.3, 0.4) is 0 Å². The number of amides is 1. The first-order valence-electron chi connectivity index (χ1n) is 6.21. The standard InChI is InChI=1S/C14H20BrNO/c1-3-5-11(4-2)10-14(17)16-13-8-6-12(15)7-9-13/h6-9,11H,3-5,10H2,1-2H3,(H,16,17)/t11-/m1/s1. The van der Waals surface area contributed by atoms with E-state index < -0.39 is 0 Å². The Hall–Kier alpha value is -0.830. The summed E-state index contributed by atoms with van der Waals surface area (Å²) in [5.74, 6) is 0.628. The van der Waals surface area contributed by atoms with E-state index in [2.05, 4.69) is 35.1 Å². The van der Waals surface area contributed by atoms with Crippen LogP contribution in [0.25, 0.3) is 0 Å². The molecule has 0 spiro atoms. The molecule has 1 rings (SSSR count). The first-order chi connectivity index (χ1) is 8.15. The minimum Gasteiger partial charge on any atom is -0.326 e. The number of carbonyl (C=O) groups is 1. The Bertz CT molecular complexity index is 348. The molecule has 0 radical (unpaired) electrons. The van der Waals surface area contributed by atoms with Gasteiger partial charge in [-0.15, -0.1) is 0 Å². The average molecular weight is 298 g/mol. The van der Waals surface area contributed by atoms with Gasteiger partial charge in [0.2, 0.25) is 5.91 Å². The molecule has 1 N–H and O–H groups in total. The molecular weight excluding hydrogens is 278 g/mol. The lowest BCUT2D eigenvalue weighted by molar-refractivity contribution is -0.117. The maximum atomic E-state index is 11.8. The molecule has 1 aromatic carbocycles. The highest BCUT2D eigenvalue weighted by Gasteiger charge is 2.11. The fraction of sp³-hybridized carbons (Fsp3) is 0.500. The third-order valence-corrected chi connectivity index (χ3v) is 3.40. The topological polar surface area (TPSA) is 29.1 Å². The van der Waals surface area contributed by atoms with Crippen molar-refractivity contribution in [2.45, 2.75) is 39.5 Å². The number of hydrogen-bond donors (Lipinski definition) is 1. The first-order valence-corrected chi connectivity index (χ1v) is 7.00. The summed E-state index contributed by atoms with van der Waals surface area (Å²) in [6, 6.07) is 7.67. The van der Waals surface area contributed by atoms with Crippen LogP contribution in [0.4, 0.5) is 5.69 Å². The van der Waals surface area contributed by atoms with Crippen LogP contribution < -0.4 is 5.32 Å². The maximum Gasteiger partial charge on any atom is 0.224 e. The van der Waals surface area contributed by atoms with Gasteiger partial charge in [0.15, 0.2) is 0 Å². The number of benzene rings is 1. The molecule has 0 heterocycles. The minimum atomic E-state index is 0.118. The molecule has 17 heavy (non-hydrogen) atoms. The third-order valence-electron chi connectivity index (χ3n) is 2.88. The molecular formula is C14H20BrNO. The summed E-state index contributed by atoms with van der Waals surface area (Å²) >= 11 is 3.37. The van der Waals surface area contributed by atoms with Gasteiger partial charge in [-0.05, 0) is 30.2 Å². The van der Waals surface area contributed by atoms with Crippen LogP contribution in [0.2, 0.25) is 0 Å². The van der Waals surface area contributed by atoms with E-state index in [1.807, 2.05) is 24.3 Å². The summed E-state index contributed by atoms with van der Waals surface area (Å²) in [5, 5.41) is 2.93. The van der Waals surface area contributed by atoms with E-state index >= 15 is 0 Å². The predicted octanol–water partition coefficient (Wildman–Crippen LogP) is 4.60. The van der Waals surface area contributed by atoms with Crippen molar-refractivity contribution < 1.29 is 4.79 Å². The summed E-state index contributed by atoms with van der Waals surface area (Å²) in [5.41, 5.74) is 0.865. The molecule has 0 aromatic heterocycles. The van der Waals surface area contributed by atoms with E-state index in [9.17, 15) is 4.79 Å². The summed E-state index contributed by atoms with van der Waals surface area (Å²) < 4.78 is 1.02. The number of carbonyl (C=O) groups excluding carboxylic acids is 1.